The fraction of sp³-hybridized carbons (Fsp3) is 0.458. The van der Waals surface area contributed by atoms with Crippen LogP contribution >= 0.6 is 0 Å². The van der Waals surface area contributed by atoms with Crippen LogP contribution < -0.4 is 0 Å². The van der Waals surface area contributed by atoms with Crippen LogP contribution in [0.4, 0.5) is 0 Å². The molecule has 4 rings (SSSR count). The van der Waals surface area contributed by atoms with Gasteiger partial charge in [0.25, 0.3) is 0 Å². The normalized spacial score (nSPS) is 24.9. The van der Waals surface area contributed by atoms with E-state index in [4.69, 9.17) is 9.15 Å². The third-order valence-corrected chi connectivity index (χ3v) is 5.99. The highest BCUT2D eigenvalue weighted by Crippen LogP contribution is 2.48. The lowest BCUT2D eigenvalue weighted by molar-refractivity contribution is -0.146. The first kappa shape index (κ1) is 18.1. The van der Waals surface area contributed by atoms with E-state index in [0.717, 1.165) is 24.2 Å². The van der Waals surface area contributed by atoms with Crippen LogP contribution in [0.25, 0.3) is 0 Å². The van der Waals surface area contributed by atoms with Crippen molar-refractivity contribution in [2.24, 2.45) is 17.3 Å². The Morgan fingerprint density at radius 2 is 2.07 bits per heavy atom. The number of allylic oxidation sites excluding steroid dienone is 2. The maximum Gasteiger partial charge on any atom is 0.309 e. The first-order chi connectivity index (χ1) is 13.0. The second kappa shape index (κ2) is 7.38. The summed E-state index contributed by atoms with van der Waals surface area (Å²) in [6.07, 6.45) is 9.45. The highest BCUT2D eigenvalue weighted by molar-refractivity contribution is 5.76. The van der Waals surface area contributed by atoms with Gasteiger partial charge in [-0.3, -0.25) is 4.79 Å². The number of esters is 1. The van der Waals surface area contributed by atoms with Crippen molar-refractivity contribution in [2.45, 2.75) is 52.6 Å². The van der Waals surface area contributed by atoms with E-state index in [1.165, 1.54) is 30.4 Å². The van der Waals surface area contributed by atoms with Crippen LogP contribution in [-0.4, -0.2) is 5.97 Å². The van der Waals surface area contributed by atoms with Crippen molar-refractivity contribution >= 4 is 5.97 Å². The summed E-state index contributed by atoms with van der Waals surface area (Å²) >= 11 is 0. The van der Waals surface area contributed by atoms with Gasteiger partial charge in [0.05, 0.1) is 12.2 Å². The van der Waals surface area contributed by atoms with E-state index in [0.29, 0.717) is 17.9 Å². The first-order valence-electron chi connectivity index (χ1n) is 9.99. The van der Waals surface area contributed by atoms with Crippen molar-refractivity contribution in [3.63, 3.8) is 0 Å². The Morgan fingerprint density at radius 3 is 2.81 bits per heavy atom. The number of hydrogen-bond donors (Lipinski definition) is 0. The van der Waals surface area contributed by atoms with E-state index in [-0.39, 0.29) is 11.9 Å². The van der Waals surface area contributed by atoms with Gasteiger partial charge in [0.1, 0.15) is 12.4 Å². The van der Waals surface area contributed by atoms with Gasteiger partial charge in [-0.05, 0) is 48.6 Å². The molecule has 2 aliphatic rings. The van der Waals surface area contributed by atoms with Gasteiger partial charge in [-0.15, -0.1) is 0 Å². The van der Waals surface area contributed by atoms with Gasteiger partial charge in [0.15, 0.2) is 0 Å². The zero-order valence-electron chi connectivity index (χ0n) is 16.2. The van der Waals surface area contributed by atoms with E-state index in [1.807, 2.05) is 24.3 Å². The number of benzene rings is 1. The minimum atomic E-state index is -0.0709. The Labute approximate surface area is 161 Å². The summed E-state index contributed by atoms with van der Waals surface area (Å²) < 4.78 is 11.1. The Morgan fingerprint density at radius 1 is 1.26 bits per heavy atom. The summed E-state index contributed by atoms with van der Waals surface area (Å²) in [5, 5.41) is 0. The predicted octanol–water partition coefficient (Wildman–Crippen LogP) is 5.69. The molecule has 0 bridgehead atoms. The molecule has 1 aromatic carbocycles. The number of ether oxygens (including phenoxy) is 1. The number of furan rings is 1. The Kier molecular flexibility index (Phi) is 4.94. The maximum absolute atomic E-state index is 12.3. The summed E-state index contributed by atoms with van der Waals surface area (Å²) in [6.45, 7) is 4.92. The molecule has 0 amide bonds. The molecular weight excluding hydrogens is 336 g/mol. The largest absolute Gasteiger partial charge is 0.469 e. The molecule has 1 heterocycles. The van der Waals surface area contributed by atoms with E-state index in [1.54, 1.807) is 6.26 Å². The van der Waals surface area contributed by atoms with E-state index >= 15 is 0 Å². The molecule has 2 atom stereocenters. The third kappa shape index (κ3) is 4.35. The van der Waals surface area contributed by atoms with Gasteiger partial charge in [0, 0.05) is 12.0 Å². The van der Waals surface area contributed by atoms with Crippen molar-refractivity contribution in [1.82, 2.24) is 0 Å². The monoisotopic (exact) mass is 364 g/mol. The zero-order chi connectivity index (χ0) is 18.9. The molecule has 0 aliphatic heterocycles. The van der Waals surface area contributed by atoms with Gasteiger partial charge in [-0.2, -0.15) is 0 Å². The molecule has 3 nitrogen and oxygen atoms in total. The number of rotatable bonds is 6. The van der Waals surface area contributed by atoms with Gasteiger partial charge in [0.2, 0.25) is 0 Å². The van der Waals surface area contributed by atoms with Crippen LogP contribution in [0.1, 0.15) is 56.4 Å². The topological polar surface area (TPSA) is 39.4 Å². The SMILES string of the molecule is CC1(C)CCCC1=C[C@H]1C[C@H]1C(=O)OCc1coc(Cc2ccccc2)c1. The van der Waals surface area contributed by atoms with Crippen molar-refractivity contribution in [3.05, 3.63) is 71.2 Å². The van der Waals surface area contributed by atoms with Gasteiger partial charge >= 0.3 is 5.97 Å². The van der Waals surface area contributed by atoms with Gasteiger partial charge < -0.3 is 9.15 Å². The van der Waals surface area contributed by atoms with Crippen LogP contribution in [0.15, 0.2) is 58.7 Å². The van der Waals surface area contributed by atoms with E-state index < -0.39 is 0 Å². The molecule has 27 heavy (non-hydrogen) atoms. The third-order valence-electron chi connectivity index (χ3n) is 5.99. The standard InChI is InChI=1S/C24H28O3/c1-24(2)10-6-9-20(24)13-19-14-22(19)23(25)27-16-18-12-21(26-15-18)11-17-7-4-3-5-8-17/h3-5,7-8,12-13,15,19,22H,6,9-11,14,16H2,1-2H3/t19-,22+/m0/s1. The molecule has 3 heteroatoms. The molecule has 0 saturated heterocycles. The predicted molar refractivity (Wildman–Crippen MR) is 105 cm³/mol. The molecule has 0 N–H and O–H groups in total. The van der Waals surface area contributed by atoms with Crippen LogP contribution in [0.5, 0.6) is 0 Å². The fourth-order valence-electron chi connectivity index (χ4n) is 4.11. The summed E-state index contributed by atoms with van der Waals surface area (Å²) in [5.74, 6) is 1.25. The van der Waals surface area contributed by atoms with E-state index in [2.05, 4.69) is 32.1 Å². The lowest BCUT2D eigenvalue weighted by Crippen LogP contribution is -2.09. The lowest BCUT2D eigenvalue weighted by Gasteiger charge is -2.19. The van der Waals surface area contributed by atoms with Crippen LogP contribution in [0, 0.1) is 17.3 Å². The number of hydrogen-bond acceptors (Lipinski definition) is 3. The molecule has 2 saturated carbocycles. The van der Waals surface area contributed by atoms with Crippen molar-refractivity contribution < 1.29 is 13.9 Å². The molecule has 0 unspecified atom stereocenters. The Balaban J connectivity index is 1.26. The van der Waals surface area contributed by atoms with Gasteiger partial charge in [-0.1, -0.05) is 55.8 Å². The molecule has 2 aromatic rings. The molecule has 142 valence electrons. The average molecular weight is 364 g/mol. The first-order valence-corrected chi connectivity index (χ1v) is 9.99. The van der Waals surface area contributed by atoms with E-state index in [9.17, 15) is 4.79 Å². The maximum atomic E-state index is 12.3. The molecule has 2 fully saturated rings. The van der Waals surface area contributed by atoms with Crippen LogP contribution in [0.3, 0.4) is 0 Å². The Bertz CT molecular complexity index is 828. The Hall–Kier alpha value is -2.29. The molecule has 0 spiro atoms. The van der Waals surface area contributed by atoms with Gasteiger partial charge in [-0.25, -0.2) is 0 Å². The smallest absolute Gasteiger partial charge is 0.309 e. The lowest BCUT2D eigenvalue weighted by atomic mass is 9.86. The zero-order valence-corrected chi connectivity index (χ0v) is 16.2. The second-order valence-electron chi connectivity index (χ2n) is 8.63. The molecular formula is C24H28O3. The summed E-state index contributed by atoms with van der Waals surface area (Å²) in [4.78, 5) is 12.3. The van der Waals surface area contributed by atoms with Crippen molar-refractivity contribution in [1.29, 1.82) is 0 Å². The summed E-state index contributed by atoms with van der Waals surface area (Å²) in [6, 6.07) is 12.2. The minimum absolute atomic E-state index is 0.0459. The van der Waals surface area contributed by atoms with Crippen molar-refractivity contribution in [3.8, 4) is 0 Å². The quantitative estimate of drug-likeness (QED) is 0.488. The summed E-state index contributed by atoms with van der Waals surface area (Å²) in [5.41, 5.74) is 3.97. The highest BCUT2D eigenvalue weighted by atomic mass is 16.5. The second-order valence-corrected chi connectivity index (χ2v) is 8.63. The van der Waals surface area contributed by atoms with Crippen LogP contribution in [-0.2, 0) is 22.6 Å². The number of carbonyl (C=O) groups excluding carboxylic acids is 1. The van der Waals surface area contributed by atoms with Crippen molar-refractivity contribution in [2.75, 3.05) is 0 Å². The summed E-state index contributed by atoms with van der Waals surface area (Å²) in [7, 11) is 0. The highest BCUT2D eigenvalue weighted by Gasteiger charge is 2.44. The molecule has 1 aromatic heterocycles. The molecule has 2 aliphatic carbocycles. The minimum Gasteiger partial charge on any atom is -0.469 e. The number of carbonyl (C=O) groups is 1. The molecule has 0 radical (unpaired) electrons. The van der Waals surface area contributed by atoms with Crippen LogP contribution in [0.2, 0.25) is 0 Å². The average Bonchev–Trinajstić information content (AvgIpc) is 3.15. The fourth-order valence-corrected chi connectivity index (χ4v) is 4.11.